The molecule has 0 spiro atoms. The van der Waals surface area contributed by atoms with E-state index in [0.29, 0.717) is 0 Å². The van der Waals surface area contributed by atoms with E-state index < -0.39 is 0 Å². The summed E-state index contributed by atoms with van der Waals surface area (Å²) >= 11 is 4.21. The van der Waals surface area contributed by atoms with Gasteiger partial charge < -0.3 is 4.74 Å². The van der Waals surface area contributed by atoms with Crippen molar-refractivity contribution in [2.75, 3.05) is 19.0 Å². The Labute approximate surface area is 81.3 Å². The van der Waals surface area contributed by atoms with Crippen molar-refractivity contribution in [2.45, 2.75) is 32.6 Å². The van der Waals surface area contributed by atoms with Crippen LogP contribution in [0.4, 0.5) is 0 Å². The molecule has 0 aromatic heterocycles. The van der Waals surface area contributed by atoms with Crippen LogP contribution in [0.2, 0.25) is 0 Å². The van der Waals surface area contributed by atoms with Crippen LogP contribution in [0.3, 0.4) is 0 Å². The molecule has 0 radical (unpaired) electrons. The first kappa shape index (κ1) is 10.4. The Kier molecular flexibility index (Phi) is 5.08. The molecule has 1 atom stereocenters. The highest BCUT2D eigenvalue weighted by Crippen LogP contribution is 2.28. The molecule has 12 heavy (non-hydrogen) atoms. The van der Waals surface area contributed by atoms with Crippen LogP contribution in [-0.4, -0.2) is 19.0 Å². The standard InChI is InChI=1S/C10H20OS/c1-9(5-7-12)4-6-11-8-10-2-3-10/h9-10,12H,2-8H2,1H3. The molecular weight excluding hydrogens is 168 g/mol. The van der Waals surface area contributed by atoms with Gasteiger partial charge in [0.25, 0.3) is 0 Å². The third-order valence-corrected chi connectivity index (χ3v) is 2.69. The Morgan fingerprint density at radius 3 is 2.75 bits per heavy atom. The van der Waals surface area contributed by atoms with Gasteiger partial charge in [0, 0.05) is 13.2 Å². The van der Waals surface area contributed by atoms with Gasteiger partial charge in [0.15, 0.2) is 0 Å². The van der Waals surface area contributed by atoms with Crippen molar-refractivity contribution in [1.29, 1.82) is 0 Å². The van der Waals surface area contributed by atoms with E-state index in [2.05, 4.69) is 19.6 Å². The summed E-state index contributed by atoms with van der Waals surface area (Å²) < 4.78 is 5.55. The van der Waals surface area contributed by atoms with Gasteiger partial charge in [0.05, 0.1) is 0 Å². The van der Waals surface area contributed by atoms with Crippen molar-refractivity contribution in [1.82, 2.24) is 0 Å². The minimum Gasteiger partial charge on any atom is -0.381 e. The first-order chi connectivity index (χ1) is 5.83. The van der Waals surface area contributed by atoms with E-state index in [9.17, 15) is 0 Å². The number of hydrogen-bond acceptors (Lipinski definition) is 2. The van der Waals surface area contributed by atoms with Gasteiger partial charge in [-0.1, -0.05) is 6.92 Å². The fourth-order valence-electron chi connectivity index (χ4n) is 1.18. The lowest BCUT2D eigenvalue weighted by molar-refractivity contribution is 0.112. The molecule has 72 valence electrons. The molecule has 1 saturated carbocycles. The topological polar surface area (TPSA) is 9.23 Å². The molecule has 1 nitrogen and oxygen atoms in total. The summed E-state index contributed by atoms with van der Waals surface area (Å²) in [4.78, 5) is 0. The van der Waals surface area contributed by atoms with Gasteiger partial charge in [0.2, 0.25) is 0 Å². The van der Waals surface area contributed by atoms with Gasteiger partial charge in [-0.3, -0.25) is 0 Å². The highest BCUT2D eigenvalue weighted by Gasteiger charge is 2.20. The van der Waals surface area contributed by atoms with Crippen LogP contribution in [0.15, 0.2) is 0 Å². The van der Waals surface area contributed by atoms with Gasteiger partial charge in [-0.25, -0.2) is 0 Å². The van der Waals surface area contributed by atoms with Crippen molar-refractivity contribution < 1.29 is 4.74 Å². The molecule has 0 aromatic rings. The van der Waals surface area contributed by atoms with Crippen molar-refractivity contribution in [3.63, 3.8) is 0 Å². The summed E-state index contributed by atoms with van der Waals surface area (Å²) in [5.74, 6) is 2.69. The van der Waals surface area contributed by atoms with Crippen molar-refractivity contribution in [3.05, 3.63) is 0 Å². The van der Waals surface area contributed by atoms with Gasteiger partial charge in [-0.05, 0) is 43.3 Å². The summed E-state index contributed by atoms with van der Waals surface area (Å²) in [6.07, 6.45) is 5.21. The lowest BCUT2D eigenvalue weighted by atomic mass is 10.1. The smallest absolute Gasteiger partial charge is 0.0494 e. The number of rotatable bonds is 7. The molecule has 1 unspecified atom stereocenters. The average molecular weight is 188 g/mol. The zero-order valence-corrected chi connectivity index (χ0v) is 8.85. The maximum Gasteiger partial charge on any atom is 0.0494 e. The maximum atomic E-state index is 5.55. The summed E-state index contributed by atoms with van der Waals surface area (Å²) in [7, 11) is 0. The van der Waals surface area contributed by atoms with E-state index in [1.165, 1.54) is 25.7 Å². The molecule has 0 amide bonds. The quantitative estimate of drug-likeness (QED) is 0.477. The zero-order chi connectivity index (χ0) is 8.81. The van der Waals surface area contributed by atoms with Gasteiger partial charge in [-0.15, -0.1) is 0 Å². The van der Waals surface area contributed by atoms with Gasteiger partial charge in [0.1, 0.15) is 0 Å². The first-order valence-electron chi connectivity index (χ1n) is 5.01. The third kappa shape index (κ3) is 5.04. The fourth-order valence-corrected chi connectivity index (χ4v) is 1.62. The van der Waals surface area contributed by atoms with Crippen LogP contribution in [0, 0.1) is 11.8 Å². The zero-order valence-electron chi connectivity index (χ0n) is 7.96. The molecule has 0 N–H and O–H groups in total. The monoisotopic (exact) mass is 188 g/mol. The van der Waals surface area contributed by atoms with E-state index in [-0.39, 0.29) is 0 Å². The molecule has 0 heterocycles. The Hall–Kier alpha value is 0.310. The van der Waals surface area contributed by atoms with Gasteiger partial charge >= 0.3 is 0 Å². The van der Waals surface area contributed by atoms with E-state index in [1.807, 2.05) is 0 Å². The van der Waals surface area contributed by atoms with Crippen LogP contribution in [0.25, 0.3) is 0 Å². The van der Waals surface area contributed by atoms with Crippen LogP contribution in [0.5, 0.6) is 0 Å². The van der Waals surface area contributed by atoms with Crippen molar-refractivity contribution >= 4 is 12.6 Å². The molecule has 1 rings (SSSR count). The summed E-state index contributed by atoms with van der Waals surface area (Å²) in [6.45, 7) is 4.23. The van der Waals surface area contributed by atoms with Crippen LogP contribution < -0.4 is 0 Å². The van der Waals surface area contributed by atoms with Crippen molar-refractivity contribution in [2.24, 2.45) is 11.8 Å². The summed E-state index contributed by atoms with van der Waals surface area (Å²) in [5, 5.41) is 0. The Bertz CT molecular complexity index is 112. The second-order valence-corrected chi connectivity index (χ2v) is 4.37. The van der Waals surface area contributed by atoms with Crippen LogP contribution in [0.1, 0.15) is 32.6 Å². The lowest BCUT2D eigenvalue weighted by Crippen LogP contribution is -2.04. The number of hydrogen-bond donors (Lipinski definition) is 1. The van der Waals surface area contributed by atoms with E-state index in [1.54, 1.807) is 0 Å². The SMILES string of the molecule is CC(CCS)CCOCC1CC1. The minimum absolute atomic E-state index is 0.779. The molecule has 1 aliphatic rings. The van der Waals surface area contributed by atoms with Crippen LogP contribution in [-0.2, 0) is 4.74 Å². The third-order valence-electron chi connectivity index (χ3n) is 2.43. The Morgan fingerprint density at radius 1 is 1.42 bits per heavy atom. The highest BCUT2D eigenvalue weighted by atomic mass is 32.1. The molecule has 0 bridgehead atoms. The minimum atomic E-state index is 0.779. The molecule has 0 aromatic carbocycles. The molecule has 1 aliphatic carbocycles. The molecule has 2 heteroatoms. The predicted molar refractivity (Wildman–Crippen MR) is 55.8 cm³/mol. The van der Waals surface area contributed by atoms with E-state index in [0.717, 1.165) is 30.8 Å². The first-order valence-corrected chi connectivity index (χ1v) is 5.64. The fraction of sp³-hybridized carbons (Fsp3) is 1.00. The molecule has 1 fully saturated rings. The van der Waals surface area contributed by atoms with E-state index >= 15 is 0 Å². The summed E-state index contributed by atoms with van der Waals surface area (Å²) in [6, 6.07) is 0. The Morgan fingerprint density at radius 2 is 2.17 bits per heavy atom. The highest BCUT2D eigenvalue weighted by molar-refractivity contribution is 7.80. The average Bonchev–Trinajstić information content (AvgIpc) is 2.82. The molecular formula is C10H20OS. The van der Waals surface area contributed by atoms with Crippen LogP contribution >= 0.6 is 12.6 Å². The number of ether oxygens (including phenoxy) is 1. The van der Waals surface area contributed by atoms with E-state index in [4.69, 9.17) is 4.74 Å². The van der Waals surface area contributed by atoms with Gasteiger partial charge in [-0.2, -0.15) is 12.6 Å². The van der Waals surface area contributed by atoms with Crippen molar-refractivity contribution in [3.8, 4) is 0 Å². The second kappa shape index (κ2) is 5.87. The molecule has 0 saturated heterocycles. The predicted octanol–water partition coefficient (Wildman–Crippen LogP) is 2.76. The maximum absolute atomic E-state index is 5.55. The molecule has 0 aliphatic heterocycles. The second-order valence-electron chi connectivity index (χ2n) is 3.92. The summed E-state index contributed by atoms with van der Waals surface area (Å²) in [5.41, 5.74) is 0. The number of thiol groups is 1. The Balaban J connectivity index is 1.80. The normalized spacial score (nSPS) is 19.5. The lowest BCUT2D eigenvalue weighted by Gasteiger charge is -2.09. The largest absolute Gasteiger partial charge is 0.381 e.